The van der Waals surface area contributed by atoms with Crippen LogP contribution in [-0.4, -0.2) is 35.1 Å². The summed E-state index contributed by atoms with van der Waals surface area (Å²) in [7, 11) is 7.54. The fourth-order valence-corrected chi connectivity index (χ4v) is 5.49. The molecule has 2 aliphatic rings. The lowest BCUT2D eigenvalue weighted by molar-refractivity contribution is -0.686. The molecular formula is C30H31N2O4+. The second-order valence-corrected chi connectivity index (χ2v) is 9.59. The molecule has 0 spiro atoms. The summed E-state index contributed by atoms with van der Waals surface area (Å²) in [5.41, 5.74) is 7.61. The highest BCUT2D eigenvalue weighted by molar-refractivity contribution is 5.95. The summed E-state index contributed by atoms with van der Waals surface area (Å²) in [6, 6.07) is 17.3. The normalized spacial score (nSPS) is 13.3. The molecule has 0 amide bonds. The van der Waals surface area contributed by atoms with Gasteiger partial charge in [0.2, 0.25) is 12.5 Å². The highest BCUT2D eigenvalue weighted by Crippen LogP contribution is 2.43. The second-order valence-electron chi connectivity index (χ2n) is 9.59. The molecule has 0 N–H and O–H groups in total. The number of methoxy groups -OCH3 is 2. The molecule has 6 nitrogen and oxygen atoms in total. The predicted molar refractivity (Wildman–Crippen MR) is 141 cm³/mol. The van der Waals surface area contributed by atoms with E-state index in [1.807, 2.05) is 6.07 Å². The number of rotatable bonds is 6. The molecular weight excluding hydrogens is 452 g/mol. The zero-order valence-corrected chi connectivity index (χ0v) is 21.3. The van der Waals surface area contributed by atoms with Gasteiger partial charge in [0.15, 0.2) is 35.7 Å². The smallest absolute Gasteiger partial charge is 0.231 e. The Morgan fingerprint density at radius 1 is 0.889 bits per heavy atom. The molecule has 6 rings (SSSR count). The molecule has 1 aromatic heterocycles. The van der Waals surface area contributed by atoms with Gasteiger partial charge in [-0.25, -0.2) is 0 Å². The van der Waals surface area contributed by atoms with E-state index in [1.54, 1.807) is 14.2 Å². The van der Waals surface area contributed by atoms with Gasteiger partial charge in [-0.15, -0.1) is 0 Å². The number of benzene rings is 3. The summed E-state index contributed by atoms with van der Waals surface area (Å²) in [6.07, 6.45) is 4.99. The molecule has 0 radical (unpaired) electrons. The Hall–Kier alpha value is -3.93. The molecule has 0 saturated carbocycles. The Morgan fingerprint density at radius 3 is 2.39 bits per heavy atom. The van der Waals surface area contributed by atoms with E-state index >= 15 is 0 Å². The van der Waals surface area contributed by atoms with E-state index in [0.717, 1.165) is 54.2 Å². The maximum Gasteiger partial charge on any atom is 0.231 e. The Labute approximate surface area is 211 Å². The van der Waals surface area contributed by atoms with Gasteiger partial charge < -0.3 is 23.8 Å². The zero-order chi connectivity index (χ0) is 24.8. The van der Waals surface area contributed by atoms with Crippen molar-refractivity contribution in [2.45, 2.75) is 25.8 Å². The number of hydrogen-bond donors (Lipinski definition) is 0. The van der Waals surface area contributed by atoms with Gasteiger partial charge in [-0.3, -0.25) is 0 Å². The number of aromatic nitrogens is 1. The van der Waals surface area contributed by atoms with Gasteiger partial charge in [0, 0.05) is 37.2 Å². The van der Waals surface area contributed by atoms with Crippen LogP contribution < -0.4 is 28.4 Å². The lowest BCUT2D eigenvalue weighted by Gasteiger charge is -2.21. The van der Waals surface area contributed by atoms with Crippen molar-refractivity contribution in [2.75, 3.05) is 40.0 Å². The van der Waals surface area contributed by atoms with Gasteiger partial charge in [0.1, 0.15) is 0 Å². The molecule has 0 unspecified atom stereocenters. The second kappa shape index (κ2) is 8.94. The summed E-state index contributed by atoms with van der Waals surface area (Å²) in [5, 5.41) is 2.26. The summed E-state index contributed by atoms with van der Waals surface area (Å²) in [5.74, 6) is 3.19. The van der Waals surface area contributed by atoms with Crippen molar-refractivity contribution in [2.24, 2.45) is 0 Å². The van der Waals surface area contributed by atoms with Crippen LogP contribution in [0.15, 0.2) is 54.7 Å². The summed E-state index contributed by atoms with van der Waals surface area (Å²) in [6.45, 7) is 1.17. The van der Waals surface area contributed by atoms with Crippen LogP contribution in [0.25, 0.3) is 22.0 Å². The Balaban J connectivity index is 1.52. The first-order valence-electron chi connectivity index (χ1n) is 12.4. The van der Waals surface area contributed by atoms with E-state index in [9.17, 15) is 0 Å². The SMILES string of the molecule is COc1ccc2c(CCc3ccc(N(C)C)cc3)c3[n+](cc2c1OC)CCc1cc2c(cc1-3)OCO2. The molecule has 0 fully saturated rings. The number of anilines is 1. The van der Waals surface area contributed by atoms with Crippen LogP contribution in [0.2, 0.25) is 0 Å². The Kier molecular flexibility index (Phi) is 5.59. The van der Waals surface area contributed by atoms with E-state index in [4.69, 9.17) is 18.9 Å². The molecule has 0 saturated heterocycles. The van der Waals surface area contributed by atoms with E-state index in [0.29, 0.717) is 0 Å². The number of nitrogens with zero attached hydrogens (tertiary/aromatic N) is 2. The van der Waals surface area contributed by atoms with Crippen molar-refractivity contribution >= 4 is 16.5 Å². The molecule has 6 heteroatoms. The summed E-state index contributed by atoms with van der Waals surface area (Å²) < 4.78 is 25.3. The molecule has 2 aliphatic heterocycles. The first-order chi connectivity index (χ1) is 17.6. The van der Waals surface area contributed by atoms with Crippen LogP contribution in [0.1, 0.15) is 16.7 Å². The lowest BCUT2D eigenvalue weighted by atomic mass is 9.89. The van der Waals surface area contributed by atoms with Crippen molar-refractivity contribution in [1.29, 1.82) is 0 Å². The molecule has 0 atom stereocenters. The van der Waals surface area contributed by atoms with Crippen LogP contribution in [-0.2, 0) is 25.8 Å². The fourth-order valence-electron chi connectivity index (χ4n) is 5.49. The van der Waals surface area contributed by atoms with E-state index in [2.05, 4.69) is 72.2 Å². The molecule has 0 bridgehead atoms. The quantitative estimate of drug-likeness (QED) is 0.363. The summed E-state index contributed by atoms with van der Waals surface area (Å²) >= 11 is 0. The first-order valence-corrected chi connectivity index (χ1v) is 12.4. The minimum absolute atomic E-state index is 0.280. The highest BCUT2D eigenvalue weighted by atomic mass is 16.7. The van der Waals surface area contributed by atoms with Crippen molar-refractivity contribution in [3.8, 4) is 34.3 Å². The summed E-state index contributed by atoms with van der Waals surface area (Å²) in [4.78, 5) is 2.13. The topological polar surface area (TPSA) is 44.0 Å². The number of ether oxygens (including phenoxy) is 4. The Morgan fingerprint density at radius 2 is 1.67 bits per heavy atom. The largest absolute Gasteiger partial charge is 0.493 e. The molecule has 3 aromatic carbocycles. The Bertz CT molecular complexity index is 1460. The third kappa shape index (κ3) is 3.68. The lowest BCUT2D eigenvalue weighted by Crippen LogP contribution is -2.41. The van der Waals surface area contributed by atoms with Crippen LogP contribution in [0.3, 0.4) is 0 Å². The average Bonchev–Trinajstić information content (AvgIpc) is 3.36. The van der Waals surface area contributed by atoms with Crippen LogP contribution >= 0.6 is 0 Å². The van der Waals surface area contributed by atoms with Crippen molar-refractivity contribution in [1.82, 2.24) is 0 Å². The minimum Gasteiger partial charge on any atom is -0.493 e. The van der Waals surface area contributed by atoms with E-state index in [-0.39, 0.29) is 6.79 Å². The standard InChI is InChI=1S/C30H31N2O4/c1-31(2)21-8-5-19(6-9-21)7-10-23-22-11-12-26(33-3)30(34-4)25(22)17-32-14-13-20-15-27-28(36-18-35-27)16-24(20)29(23)32/h5-6,8-9,11-12,15-17H,7,10,13-14,18H2,1-4H3/q+1. The zero-order valence-electron chi connectivity index (χ0n) is 21.3. The van der Waals surface area contributed by atoms with Crippen molar-refractivity contribution < 1.29 is 23.5 Å². The molecule has 184 valence electrons. The van der Waals surface area contributed by atoms with Gasteiger partial charge in [0.05, 0.1) is 25.2 Å². The van der Waals surface area contributed by atoms with Gasteiger partial charge in [-0.2, -0.15) is 4.57 Å². The maximum absolute atomic E-state index is 5.84. The van der Waals surface area contributed by atoms with Crippen molar-refractivity contribution in [3.63, 3.8) is 0 Å². The predicted octanol–water partition coefficient (Wildman–Crippen LogP) is 4.95. The number of aryl methyl sites for hydroxylation is 4. The maximum atomic E-state index is 5.84. The highest BCUT2D eigenvalue weighted by Gasteiger charge is 2.32. The third-order valence-corrected chi connectivity index (χ3v) is 7.36. The van der Waals surface area contributed by atoms with Gasteiger partial charge in [0.25, 0.3) is 0 Å². The van der Waals surface area contributed by atoms with Gasteiger partial charge in [-0.1, -0.05) is 12.1 Å². The monoisotopic (exact) mass is 483 g/mol. The number of hydrogen-bond acceptors (Lipinski definition) is 5. The third-order valence-electron chi connectivity index (χ3n) is 7.36. The van der Waals surface area contributed by atoms with E-state index < -0.39 is 0 Å². The first kappa shape index (κ1) is 22.5. The van der Waals surface area contributed by atoms with Crippen molar-refractivity contribution in [3.05, 3.63) is 71.4 Å². The molecule has 36 heavy (non-hydrogen) atoms. The van der Waals surface area contributed by atoms with Crippen LogP contribution in [0, 0.1) is 0 Å². The molecule has 0 aliphatic carbocycles. The molecule has 3 heterocycles. The van der Waals surface area contributed by atoms with E-state index in [1.165, 1.54) is 39.0 Å². The average molecular weight is 484 g/mol. The van der Waals surface area contributed by atoms with Gasteiger partial charge >= 0.3 is 0 Å². The van der Waals surface area contributed by atoms with Gasteiger partial charge in [-0.05, 0) is 60.4 Å². The number of fused-ring (bicyclic) bond motifs is 5. The van der Waals surface area contributed by atoms with Crippen LogP contribution in [0.5, 0.6) is 23.0 Å². The minimum atomic E-state index is 0.280. The fraction of sp³-hybridized carbons (Fsp3) is 0.300. The van der Waals surface area contributed by atoms with Crippen LogP contribution in [0.4, 0.5) is 5.69 Å². The number of pyridine rings is 1. The molecule has 4 aromatic rings.